The molecule has 6 nitrogen and oxygen atoms in total. The molecule has 0 aromatic heterocycles. The summed E-state index contributed by atoms with van der Waals surface area (Å²) in [4.78, 5) is 32.9. The first-order valence-electron chi connectivity index (χ1n) is 18.1. The third-order valence-corrected chi connectivity index (χ3v) is 8.78. The van der Waals surface area contributed by atoms with Crippen molar-refractivity contribution in [3.8, 4) is 0 Å². The van der Waals surface area contributed by atoms with Crippen molar-refractivity contribution >= 4 is 16.4 Å². The van der Waals surface area contributed by atoms with E-state index in [0.717, 1.165) is 32.1 Å². The van der Waals surface area contributed by atoms with Crippen molar-refractivity contribution in [2.24, 2.45) is 0 Å². The molecular weight excluding hydrogens is 584 g/mol. The molecule has 0 bridgehead atoms. The Hall–Kier alpha value is -0.881. The van der Waals surface area contributed by atoms with Crippen LogP contribution in [-0.4, -0.2) is 32.7 Å². The normalized spacial score (nSPS) is 11.8. The van der Waals surface area contributed by atoms with Gasteiger partial charge < -0.3 is 0 Å². The zero-order valence-corrected chi connectivity index (χ0v) is 29.1. The van der Waals surface area contributed by atoms with Gasteiger partial charge in [0.25, 0.3) is 0 Å². The standard InChI is InChI=1S/C36H67O6.Fe/c1-3-5-7-9-11-13-15-17-19-21-23-25-27-29-31-33(37)35(39)41-42-36(40)34(38)32-30-28-26-24-22-20-18-16-14-12-10-8-6-4-2;/h33,37-38H,3-31H2,1-2H3;/q-1;+1. The number of hydrogen-bond donors (Lipinski definition) is 2. The maximum atomic E-state index is 12.0. The van der Waals surface area contributed by atoms with E-state index < -0.39 is 24.1 Å². The van der Waals surface area contributed by atoms with Crippen LogP contribution in [0, 0.1) is 6.10 Å². The Morgan fingerprint density at radius 2 is 0.884 bits per heavy atom. The van der Waals surface area contributed by atoms with E-state index in [0.29, 0.717) is 12.8 Å². The Morgan fingerprint density at radius 1 is 0.558 bits per heavy atom. The number of unbranched alkanes of at least 4 members (excludes halogenated alkanes) is 25. The summed E-state index contributed by atoms with van der Waals surface area (Å²) in [7, 11) is 0. The van der Waals surface area contributed by atoms with Crippen molar-refractivity contribution in [3.05, 3.63) is 6.10 Å². The third kappa shape index (κ3) is 28.3. The number of rotatable bonds is 32. The molecule has 0 saturated heterocycles. The zero-order valence-electron chi connectivity index (χ0n) is 28.0. The van der Waals surface area contributed by atoms with Crippen LogP contribution in [0.2, 0.25) is 0 Å². The molecule has 1 atom stereocenters. The summed E-state index contributed by atoms with van der Waals surface area (Å²) in [5.41, 5.74) is 0. The molecule has 0 aliphatic carbocycles. The Kier molecular flexibility index (Phi) is 31.8. The Morgan fingerprint density at radius 3 is 1.26 bits per heavy atom. The molecule has 0 spiro atoms. The van der Waals surface area contributed by atoms with Crippen LogP contribution in [0.4, 0.5) is 0 Å². The van der Waals surface area contributed by atoms with E-state index in [1.807, 2.05) is 0 Å². The van der Waals surface area contributed by atoms with E-state index in [4.69, 9.17) is 0 Å². The summed E-state index contributed by atoms with van der Waals surface area (Å²) in [6.07, 6.45) is 32.2. The van der Waals surface area contributed by atoms with Crippen LogP contribution in [0.5, 0.6) is 0 Å². The average molecular weight is 652 g/mol. The smallest absolute Gasteiger partial charge is 0.0654 e. The summed E-state index contributed by atoms with van der Waals surface area (Å²) in [5, 5.41) is 20.1. The second-order valence-electron chi connectivity index (χ2n) is 12.4. The van der Waals surface area contributed by atoms with Gasteiger partial charge in [-0.25, -0.2) is 0 Å². The van der Waals surface area contributed by atoms with Gasteiger partial charge in [-0.2, -0.15) is 0 Å². The van der Waals surface area contributed by atoms with Crippen LogP contribution in [0.25, 0.3) is 0 Å². The molecule has 0 fully saturated rings. The molecule has 1 unspecified atom stereocenters. The fourth-order valence-electron chi connectivity index (χ4n) is 5.34. The van der Waals surface area contributed by atoms with Crippen molar-refractivity contribution < 1.29 is 45.2 Å². The van der Waals surface area contributed by atoms with E-state index in [2.05, 4.69) is 39.2 Å². The zero-order chi connectivity index (χ0) is 31.8. The van der Waals surface area contributed by atoms with E-state index in [1.54, 1.807) is 0 Å². The SMILES string of the molecule is CCCCCCCCCCCCCCCCC(O)C(=O)OOC(=O)[C-](O)[C](=[Fe+])CCCCCCCCCCCCCCC. The molecule has 0 saturated carbocycles. The van der Waals surface area contributed by atoms with Gasteiger partial charge in [-0.1, -0.05) is 97.3 Å². The fraction of sp³-hybridized carbons (Fsp3) is 0.889. The van der Waals surface area contributed by atoms with Gasteiger partial charge >= 0.3 is 176 Å². The van der Waals surface area contributed by atoms with Crippen LogP contribution in [0.1, 0.15) is 200 Å². The quantitative estimate of drug-likeness (QED) is 0.0247. The first kappa shape index (κ1) is 42.1. The first-order valence-corrected chi connectivity index (χ1v) is 18.7. The molecule has 0 aromatic rings. The van der Waals surface area contributed by atoms with Crippen LogP contribution >= 0.6 is 0 Å². The van der Waals surface area contributed by atoms with Gasteiger partial charge in [-0.3, -0.25) is 0 Å². The number of hydrogen-bond acceptors (Lipinski definition) is 6. The predicted octanol–water partition coefficient (Wildman–Crippen LogP) is 10.3. The molecular formula is C36H67FeO6. The second-order valence-corrected chi connectivity index (χ2v) is 13.1. The Bertz CT molecular complexity index is 656. The van der Waals surface area contributed by atoms with Gasteiger partial charge in [-0.15, -0.1) is 0 Å². The van der Waals surface area contributed by atoms with Gasteiger partial charge in [0.2, 0.25) is 0 Å². The van der Waals surface area contributed by atoms with Crippen LogP contribution in [0.3, 0.4) is 0 Å². The van der Waals surface area contributed by atoms with Gasteiger partial charge in [0.1, 0.15) is 0 Å². The molecule has 0 amide bonds. The van der Waals surface area contributed by atoms with E-state index in [-0.39, 0.29) is 10.8 Å². The van der Waals surface area contributed by atoms with Crippen molar-refractivity contribution in [2.75, 3.05) is 0 Å². The second kappa shape index (κ2) is 32.5. The van der Waals surface area contributed by atoms with Crippen LogP contribution < -0.4 is 0 Å². The fourth-order valence-corrected chi connectivity index (χ4v) is 5.65. The summed E-state index contributed by atoms with van der Waals surface area (Å²) >= 11 is 3.76. The van der Waals surface area contributed by atoms with Crippen molar-refractivity contribution in [2.45, 2.75) is 206 Å². The molecule has 0 radical (unpaired) electrons. The summed E-state index contributed by atoms with van der Waals surface area (Å²) in [6.45, 7) is 4.50. The van der Waals surface area contributed by atoms with E-state index in [9.17, 15) is 19.8 Å². The number of carbonyl (C=O) groups excluding carboxylic acids is 2. The van der Waals surface area contributed by atoms with E-state index >= 15 is 0 Å². The molecule has 0 heterocycles. The monoisotopic (exact) mass is 651 g/mol. The molecule has 0 aliphatic rings. The summed E-state index contributed by atoms with van der Waals surface area (Å²) in [6, 6.07) is 0. The van der Waals surface area contributed by atoms with Crippen LogP contribution in [-0.2, 0) is 34.9 Å². The van der Waals surface area contributed by atoms with Gasteiger partial charge in [0, 0.05) is 0 Å². The van der Waals surface area contributed by atoms with Gasteiger partial charge in [0.05, 0.1) is 0 Å². The average Bonchev–Trinajstić information content (AvgIpc) is 3.01. The minimum Gasteiger partial charge on any atom is -0.0654 e. The number of aliphatic hydroxyl groups excluding tert-OH is 2. The molecule has 0 aliphatic heterocycles. The molecule has 255 valence electrons. The Balaban J connectivity index is 3.65. The topological polar surface area (TPSA) is 93.1 Å². The van der Waals surface area contributed by atoms with E-state index in [1.165, 1.54) is 135 Å². The van der Waals surface area contributed by atoms with Gasteiger partial charge in [0.15, 0.2) is 0 Å². The van der Waals surface area contributed by atoms with Crippen molar-refractivity contribution in [1.82, 2.24) is 0 Å². The third-order valence-electron chi connectivity index (χ3n) is 8.24. The minimum absolute atomic E-state index is 0.260. The maximum absolute atomic E-state index is 12.0. The molecule has 7 heteroatoms. The van der Waals surface area contributed by atoms with Crippen molar-refractivity contribution in [3.63, 3.8) is 0 Å². The molecule has 2 N–H and O–H groups in total. The molecule has 43 heavy (non-hydrogen) atoms. The van der Waals surface area contributed by atoms with Crippen LogP contribution in [0.15, 0.2) is 0 Å². The molecule has 0 rings (SSSR count). The predicted molar refractivity (Wildman–Crippen MR) is 174 cm³/mol. The summed E-state index contributed by atoms with van der Waals surface area (Å²) < 4.78 is 0.270. The van der Waals surface area contributed by atoms with Gasteiger partial charge in [-0.05, 0) is 0 Å². The number of aliphatic hydroxyl groups is 2. The number of carbonyl (C=O) groups is 2. The first-order chi connectivity index (χ1) is 20.9. The Labute approximate surface area is 273 Å². The van der Waals surface area contributed by atoms with Crippen molar-refractivity contribution in [1.29, 1.82) is 0 Å². The molecule has 0 aromatic carbocycles. The minimum atomic E-state index is -1.35. The summed E-state index contributed by atoms with van der Waals surface area (Å²) in [5.74, 6) is -2.17.